The van der Waals surface area contributed by atoms with Crippen LogP contribution in [0.1, 0.15) is 11.4 Å². The normalized spacial score (nSPS) is 11.6. The molecule has 3 aromatic heterocycles. The number of hydrogen-bond acceptors (Lipinski definition) is 2. The predicted octanol–water partition coefficient (Wildman–Crippen LogP) is 4.28. The van der Waals surface area contributed by atoms with Gasteiger partial charge in [-0.2, -0.15) is 0 Å². The largest absolute Gasteiger partial charge is 0.362 e. The van der Waals surface area contributed by atoms with Crippen molar-refractivity contribution in [1.82, 2.24) is 15.0 Å². The Hall–Kier alpha value is -2.94. The quantitative estimate of drug-likeness (QED) is 0.553. The van der Waals surface area contributed by atoms with Crippen molar-refractivity contribution in [1.29, 1.82) is 0 Å². The summed E-state index contributed by atoms with van der Waals surface area (Å²) in [5, 5.41) is 2.22. The van der Waals surface area contributed by atoms with E-state index in [9.17, 15) is 0 Å². The van der Waals surface area contributed by atoms with Crippen molar-refractivity contribution < 1.29 is 0 Å². The van der Waals surface area contributed by atoms with Gasteiger partial charge in [0, 0.05) is 28.9 Å². The summed E-state index contributed by atoms with van der Waals surface area (Å²) in [7, 11) is 0. The lowest BCUT2D eigenvalue weighted by atomic mass is 10.1. The first-order chi connectivity index (χ1) is 10.4. The van der Waals surface area contributed by atoms with Crippen LogP contribution >= 0.6 is 0 Å². The SMILES string of the molecule is C(=C/c1ccc[nH]1)/c1ccc2ccc3cccnc3c2n1. The minimum Gasteiger partial charge on any atom is -0.362 e. The number of fused-ring (bicyclic) bond motifs is 3. The molecule has 0 fully saturated rings. The number of benzene rings is 1. The number of nitrogens with one attached hydrogen (secondary N) is 1. The van der Waals surface area contributed by atoms with Gasteiger partial charge >= 0.3 is 0 Å². The van der Waals surface area contributed by atoms with E-state index in [1.165, 1.54) is 0 Å². The Balaban J connectivity index is 1.86. The lowest BCUT2D eigenvalue weighted by Crippen LogP contribution is -1.87. The van der Waals surface area contributed by atoms with E-state index in [0.29, 0.717) is 0 Å². The Morgan fingerprint density at radius 3 is 2.52 bits per heavy atom. The number of aromatic amines is 1. The lowest BCUT2D eigenvalue weighted by Gasteiger charge is -2.03. The van der Waals surface area contributed by atoms with E-state index in [4.69, 9.17) is 4.98 Å². The van der Waals surface area contributed by atoms with E-state index in [1.807, 2.05) is 48.8 Å². The van der Waals surface area contributed by atoms with Gasteiger partial charge in [0.15, 0.2) is 0 Å². The van der Waals surface area contributed by atoms with Crippen molar-refractivity contribution in [2.45, 2.75) is 0 Å². The predicted molar refractivity (Wildman–Crippen MR) is 86.8 cm³/mol. The molecule has 4 aromatic rings. The molecular formula is C18H13N3. The molecule has 0 bridgehead atoms. The third-order valence-electron chi connectivity index (χ3n) is 3.51. The van der Waals surface area contributed by atoms with Gasteiger partial charge in [-0.05, 0) is 36.4 Å². The average molecular weight is 271 g/mol. The first-order valence-corrected chi connectivity index (χ1v) is 6.86. The Morgan fingerprint density at radius 1 is 0.810 bits per heavy atom. The van der Waals surface area contributed by atoms with Crippen LogP contribution < -0.4 is 0 Å². The molecule has 0 saturated heterocycles. The van der Waals surface area contributed by atoms with Crippen molar-refractivity contribution in [3.05, 3.63) is 72.3 Å². The minimum absolute atomic E-state index is 0.926. The molecule has 1 N–H and O–H groups in total. The van der Waals surface area contributed by atoms with Crippen LogP contribution in [0.3, 0.4) is 0 Å². The zero-order chi connectivity index (χ0) is 14.1. The lowest BCUT2D eigenvalue weighted by molar-refractivity contribution is 1.35. The van der Waals surface area contributed by atoms with Crippen LogP contribution in [0.15, 0.2) is 60.9 Å². The second kappa shape index (κ2) is 4.87. The summed E-state index contributed by atoms with van der Waals surface area (Å²) in [5.74, 6) is 0. The van der Waals surface area contributed by atoms with Crippen molar-refractivity contribution in [2.75, 3.05) is 0 Å². The molecule has 3 heterocycles. The summed E-state index contributed by atoms with van der Waals surface area (Å²) >= 11 is 0. The number of nitrogens with zero attached hydrogens (tertiary/aromatic N) is 2. The molecule has 0 spiro atoms. The molecule has 100 valence electrons. The van der Waals surface area contributed by atoms with Gasteiger partial charge < -0.3 is 4.98 Å². The van der Waals surface area contributed by atoms with Gasteiger partial charge in [-0.1, -0.05) is 24.3 Å². The maximum atomic E-state index is 4.74. The van der Waals surface area contributed by atoms with Crippen LogP contribution in [0.25, 0.3) is 34.0 Å². The van der Waals surface area contributed by atoms with Crippen molar-refractivity contribution in [3.8, 4) is 0 Å². The summed E-state index contributed by atoms with van der Waals surface area (Å²) < 4.78 is 0. The van der Waals surface area contributed by atoms with Gasteiger partial charge in [0.2, 0.25) is 0 Å². The van der Waals surface area contributed by atoms with E-state index >= 15 is 0 Å². The molecule has 0 aliphatic carbocycles. The molecule has 0 amide bonds. The van der Waals surface area contributed by atoms with Gasteiger partial charge in [-0.25, -0.2) is 4.98 Å². The highest BCUT2D eigenvalue weighted by Gasteiger charge is 2.03. The van der Waals surface area contributed by atoms with Crippen LogP contribution in [0.5, 0.6) is 0 Å². The zero-order valence-electron chi connectivity index (χ0n) is 11.3. The van der Waals surface area contributed by atoms with Gasteiger partial charge in [0.1, 0.15) is 0 Å². The summed E-state index contributed by atoms with van der Waals surface area (Å²) in [6.45, 7) is 0. The Kier molecular flexibility index (Phi) is 2.75. The van der Waals surface area contributed by atoms with Crippen molar-refractivity contribution in [2.24, 2.45) is 0 Å². The first kappa shape index (κ1) is 11.9. The summed E-state index contributed by atoms with van der Waals surface area (Å²) in [6.07, 6.45) is 7.75. The number of pyridine rings is 2. The maximum Gasteiger partial charge on any atom is 0.0971 e. The Labute approximate surface area is 122 Å². The molecule has 0 aliphatic heterocycles. The van der Waals surface area contributed by atoms with Crippen LogP contribution in [-0.4, -0.2) is 15.0 Å². The highest BCUT2D eigenvalue weighted by molar-refractivity contribution is 6.02. The number of rotatable bonds is 2. The monoisotopic (exact) mass is 271 g/mol. The molecule has 0 aliphatic rings. The summed E-state index contributed by atoms with van der Waals surface area (Å²) in [4.78, 5) is 12.4. The fourth-order valence-electron chi connectivity index (χ4n) is 2.45. The first-order valence-electron chi connectivity index (χ1n) is 6.86. The van der Waals surface area contributed by atoms with Crippen molar-refractivity contribution in [3.63, 3.8) is 0 Å². The molecule has 0 unspecified atom stereocenters. The molecule has 3 nitrogen and oxygen atoms in total. The molecule has 0 radical (unpaired) electrons. The maximum absolute atomic E-state index is 4.74. The number of hydrogen-bond donors (Lipinski definition) is 1. The van der Waals surface area contributed by atoms with Crippen LogP contribution in [0.2, 0.25) is 0 Å². The molecule has 0 saturated carbocycles. The smallest absolute Gasteiger partial charge is 0.0971 e. The third kappa shape index (κ3) is 2.19. The van der Waals surface area contributed by atoms with Crippen LogP contribution in [0.4, 0.5) is 0 Å². The average Bonchev–Trinajstić information content (AvgIpc) is 3.06. The van der Waals surface area contributed by atoms with E-state index in [1.54, 1.807) is 0 Å². The molecule has 3 heteroatoms. The highest BCUT2D eigenvalue weighted by Crippen LogP contribution is 2.22. The molecule has 0 atom stereocenters. The molecule has 4 rings (SSSR count). The standard InChI is InChI=1S/C18H13N3/c1-3-13-5-6-14-7-8-16(10-9-15-4-2-11-19-15)21-18(14)17(13)20-12-1/h1-12,19H/b10-9-. The second-order valence-corrected chi connectivity index (χ2v) is 4.91. The highest BCUT2D eigenvalue weighted by atomic mass is 14.7. The Bertz CT molecular complexity index is 937. The van der Waals surface area contributed by atoms with Crippen LogP contribution in [0, 0.1) is 0 Å². The summed E-state index contributed by atoms with van der Waals surface area (Å²) in [6, 6.07) is 16.3. The van der Waals surface area contributed by atoms with Gasteiger partial charge in [0.05, 0.1) is 16.7 Å². The van der Waals surface area contributed by atoms with E-state index < -0.39 is 0 Å². The second-order valence-electron chi connectivity index (χ2n) is 4.91. The van der Waals surface area contributed by atoms with E-state index in [0.717, 1.165) is 33.2 Å². The topological polar surface area (TPSA) is 41.6 Å². The zero-order valence-corrected chi connectivity index (χ0v) is 11.3. The fraction of sp³-hybridized carbons (Fsp3) is 0. The number of H-pyrrole nitrogens is 1. The van der Waals surface area contributed by atoms with E-state index in [-0.39, 0.29) is 0 Å². The molecule has 21 heavy (non-hydrogen) atoms. The minimum atomic E-state index is 0.926. The van der Waals surface area contributed by atoms with Crippen LogP contribution in [-0.2, 0) is 0 Å². The van der Waals surface area contributed by atoms with Crippen molar-refractivity contribution >= 4 is 34.0 Å². The summed E-state index contributed by atoms with van der Waals surface area (Å²) in [5.41, 5.74) is 3.88. The third-order valence-corrected chi connectivity index (χ3v) is 3.51. The van der Waals surface area contributed by atoms with Gasteiger partial charge in [0.25, 0.3) is 0 Å². The van der Waals surface area contributed by atoms with E-state index in [2.05, 4.69) is 34.2 Å². The molecular weight excluding hydrogens is 258 g/mol. The Morgan fingerprint density at radius 2 is 1.67 bits per heavy atom. The van der Waals surface area contributed by atoms with Gasteiger partial charge in [-0.3, -0.25) is 4.98 Å². The molecule has 1 aromatic carbocycles. The van der Waals surface area contributed by atoms with Gasteiger partial charge in [-0.15, -0.1) is 0 Å². The number of aromatic nitrogens is 3. The fourth-order valence-corrected chi connectivity index (χ4v) is 2.45.